The molecule has 0 bridgehead atoms. The van der Waals surface area contributed by atoms with E-state index in [0.29, 0.717) is 0 Å². The van der Waals surface area contributed by atoms with E-state index in [9.17, 15) is 17.6 Å². The Hall–Kier alpha value is -0.650. The van der Waals surface area contributed by atoms with Crippen LogP contribution >= 0.6 is 0 Å². The predicted molar refractivity (Wildman–Crippen MR) is 25.2 cm³/mol. The maximum absolute atomic E-state index is 10.5. The fourth-order valence-corrected chi connectivity index (χ4v) is 0. The van der Waals surface area contributed by atoms with Crippen LogP contribution in [0.4, 0.5) is 17.6 Å². The van der Waals surface area contributed by atoms with Crippen LogP contribution < -0.4 is 0 Å². The van der Waals surface area contributed by atoms with Crippen molar-refractivity contribution in [3.8, 4) is 0 Å². The van der Waals surface area contributed by atoms with Gasteiger partial charge in [-0.2, -0.15) is 0 Å². The molecule has 0 amide bonds. The van der Waals surface area contributed by atoms with Gasteiger partial charge in [0.1, 0.15) is 6.61 Å². The van der Waals surface area contributed by atoms with Gasteiger partial charge in [0.15, 0.2) is 6.29 Å². The lowest BCUT2D eigenvalue weighted by Crippen LogP contribution is -1.94. The number of aliphatic hydroxyl groups is 1. The zero-order chi connectivity index (χ0) is 8.57. The van der Waals surface area contributed by atoms with E-state index >= 15 is 0 Å². The molecule has 0 aromatic heterocycles. The summed E-state index contributed by atoms with van der Waals surface area (Å²) < 4.78 is 41.8. The van der Waals surface area contributed by atoms with E-state index in [-0.39, 0.29) is 0 Å². The van der Waals surface area contributed by atoms with E-state index in [1.54, 1.807) is 0 Å². The Balaban J connectivity index is 0. The molecular weight excluding hydrogens is 156 g/mol. The third-order valence-electron chi connectivity index (χ3n) is 0.241. The van der Waals surface area contributed by atoms with Gasteiger partial charge in [0.05, 0.1) is 0 Å². The van der Waals surface area contributed by atoms with Crippen LogP contribution in [0.25, 0.3) is 0 Å². The summed E-state index contributed by atoms with van der Waals surface area (Å²) in [5.74, 6) is 0. The second-order valence-electron chi connectivity index (χ2n) is 1.04. The van der Waals surface area contributed by atoms with Crippen molar-refractivity contribution in [1.82, 2.24) is 0 Å². The van der Waals surface area contributed by atoms with Gasteiger partial charge in [-0.3, -0.25) is 4.79 Å². The second-order valence-corrected chi connectivity index (χ2v) is 1.04. The van der Waals surface area contributed by atoms with Crippen molar-refractivity contribution in [3.05, 3.63) is 0 Å². The Kier molecular flexibility index (Phi) is 10.1. The average molecular weight is 162 g/mol. The molecule has 6 heteroatoms. The van der Waals surface area contributed by atoms with E-state index in [4.69, 9.17) is 9.90 Å². The molecule has 0 fully saturated rings. The molecule has 0 aliphatic carbocycles. The van der Waals surface area contributed by atoms with Crippen molar-refractivity contribution in [1.29, 1.82) is 0 Å². The van der Waals surface area contributed by atoms with Gasteiger partial charge in [0, 0.05) is 0 Å². The first-order valence-electron chi connectivity index (χ1n) is 2.17. The maximum atomic E-state index is 10.5. The predicted octanol–water partition coefficient (Wildman–Crippen LogP) is 0.694. The first-order chi connectivity index (χ1) is 4.54. The van der Waals surface area contributed by atoms with Crippen LogP contribution in [-0.4, -0.2) is 30.9 Å². The minimum Gasteiger partial charge on any atom is -0.390 e. The monoisotopic (exact) mass is 162 g/mol. The van der Waals surface area contributed by atoms with Crippen molar-refractivity contribution in [3.63, 3.8) is 0 Å². The van der Waals surface area contributed by atoms with Crippen LogP contribution in [0.1, 0.15) is 0 Å². The topological polar surface area (TPSA) is 37.3 Å². The summed E-state index contributed by atoms with van der Waals surface area (Å²) in [6.45, 7) is -1.03. The molecule has 0 aliphatic rings. The summed E-state index contributed by atoms with van der Waals surface area (Å²) >= 11 is 0. The minimum absolute atomic E-state index is 0.417. The molecule has 0 spiro atoms. The molecule has 0 saturated heterocycles. The van der Waals surface area contributed by atoms with Gasteiger partial charge in [0.25, 0.3) is 12.9 Å². The minimum atomic E-state index is -2.80. The highest BCUT2D eigenvalue weighted by Crippen LogP contribution is 1.84. The number of alkyl halides is 4. The Labute approximate surface area is 54.5 Å². The highest BCUT2D eigenvalue weighted by Gasteiger charge is 1.92. The largest absolute Gasteiger partial charge is 0.390 e. The first-order valence-corrected chi connectivity index (χ1v) is 2.17. The third-order valence-corrected chi connectivity index (χ3v) is 0.241. The number of hydrogen-bond acceptors (Lipinski definition) is 2. The Bertz CT molecular complexity index is 75.7. The fourth-order valence-electron chi connectivity index (χ4n) is 0. The van der Waals surface area contributed by atoms with Crippen molar-refractivity contribution in [2.75, 3.05) is 6.61 Å². The fraction of sp³-hybridized carbons (Fsp3) is 0.750. The van der Waals surface area contributed by atoms with Crippen molar-refractivity contribution in [2.45, 2.75) is 12.9 Å². The maximum Gasteiger partial charge on any atom is 0.293 e. The van der Waals surface area contributed by atoms with Crippen LogP contribution in [0.2, 0.25) is 0 Å². The number of aldehydes is 1. The highest BCUT2D eigenvalue weighted by atomic mass is 19.3. The van der Waals surface area contributed by atoms with Crippen molar-refractivity contribution in [2.24, 2.45) is 0 Å². The van der Waals surface area contributed by atoms with Gasteiger partial charge >= 0.3 is 0 Å². The van der Waals surface area contributed by atoms with Crippen LogP contribution in [0, 0.1) is 0 Å². The molecule has 0 aliphatic heterocycles. The zero-order valence-corrected chi connectivity index (χ0v) is 4.81. The van der Waals surface area contributed by atoms with E-state index in [1.807, 2.05) is 0 Å². The molecule has 0 radical (unpaired) electrons. The highest BCUT2D eigenvalue weighted by molar-refractivity contribution is 5.53. The number of rotatable bonds is 2. The molecule has 0 unspecified atom stereocenters. The molecule has 10 heavy (non-hydrogen) atoms. The smallest absolute Gasteiger partial charge is 0.293 e. The SMILES string of the molecule is O=CC(F)F.OCC(F)F. The van der Waals surface area contributed by atoms with Crippen molar-refractivity contribution >= 4 is 6.29 Å². The zero-order valence-electron chi connectivity index (χ0n) is 4.81. The molecule has 0 rings (SSSR count). The van der Waals surface area contributed by atoms with Crippen LogP contribution in [0.5, 0.6) is 0 Å². The van der Waals surface area contributed by atoms with Crippen LogP contribution in [0.3, 0.4) is 0 Å². The average Bonchev–Trinajstić information content (AvgIpc) is 1.89. The number of halogens is 4. The molecule has 0 atom stereocenters. The number of carbonyl (C=O) groups is 1. The Morgan fingerprint density at radius 2 is 1.50 bits per heavy atom. The Morgan fingerprint density at radius 3 is 1.50 bits per heavy atom. The Morgan fingerprint density at radius 1 is 1.30 bits per heavy atom. The van der Waals surface area contributed by atoms with E-state index in [1.165, 1.54) is 0 Å². The summed E-state index contributed by atoms with van der Waals surface area (Å²) in [7, 11) is 0. The summed E-state index contributed by atoms with van der Waals surface area (Å²) in [4.78, 5) is 8.75. The van der Waals surface area contributed by atoms with Crippen LogP contribution in [0.15, 0.2) is 0 Å². The number of aliphatic hydroxyl groups excluding tert-OH is 1. The molecule has 1 N–H and O–H groups in total. The lowest BCUT2D eigenvalue weighted by atomic mass is 10.8. The summed E-state index contributed by atoms with van der Waals surface area (Å²) in [5.41, 5.74) is 0. The second kappa shape index (κ2) is 8.35. The lowest BCUT2D eigenvalue weighted by molar-refractivity contribution is -0.116. The number of hydrogen-bond donors (Lipinski definition) is 1. The molecule has 0 heterocycles. The summed E-state index contributed by atoms with van der Waals surface area (Å²) in [6.07, 6.45) is -5.77. The van der Waals surface area contributed by atoms with E-state index in [0.717, 1.165) is 0 Å². The van der Waals surface area contributed by atoms with Crippen molar-refractivity contribution < 1.29 is 27.5 Å². The van der Waals surface area contributed by atoms with Gasteiger partial charge in [-0.15, -0.1) is 0 Å². The molecule has 0 saturated carbocycles. The third kappa shape index (κ3) is 26.4. The molecule has 0 aromatic rings. The normalized spacial score (nSPS) is 9.10. The van der Waals surface area contributed by atoms with E-state index in [2.05, 4.69) is 0 Å². The van der Waals surface area contributed by atoms with E-state index < -0.39 is 25.7 Å². The quantitative estimate of drug-likeness (QED) is 0.479. The number of carbonyl (C=O) groups excluding carboxylic acids is 1. The van der Waals surface area contributed by atoms with Gasteiger partial charge in [-0.1, -0.05) is 0 Å². The van der Waals surface area contributed by atoms with Crippen LogP contribution in [-0.2, 0) is 4.79 Å². The molecule has 0 aromatic carbocycles. The van der Waals surface area contributed by atoms with Gasteiger partial charge in [-0.05, 0) is 0 Å². The standard InChI is InChI=1S/C2H4F2O.C2H2F2O/c2*3-2(4)1-5/h2,5H,1H2;1-2H. The van der Waals surface area contributed by atoms with Gasteiger partial charge in [0.2, 0.25) is 0 Å². The summed E-state index contributed by atoms with van der Waals surface area (Å²) in [5, 5.41) is 7.39. The first kappa shape index (κ1) is 12.1. The summed E-state index contributed by atoms with van der Waals surface area (Å²) in [6, 6.07) is 0. The lowest BCUT2D eigenvalue weighted by Gasteiger charge is -1.81. The van der Waals surface area contributed by atoms with Gasteiger partial charge in [-0.25, -0.2) is 17.6 Å². The molecule has 62 valence electrons. The van der Waals surface area contributed by atoms with Gasteiger partial charge < -0.3 is 5.11 Å². The molecular formula is C4H6F4O2. The molecule has 2 nitrogen and oxygen atoms in total.